The summed E-state index contributed by atoms with van der Waals surface area (Å²) in [4.78, 5) is 26.6. The van der Waals surface area contributed by atoms with E-state index in [2.05, 4.69) is 4.99 Å². The van der Waals surface area contributed by atoms with Crippen molar-refractivity contribution in [3.8, 4) is 11.3 Å². The lowest BCUT2D eigenvalue weighted by Crippen LogP contribution is -2.01. The third-order valence-electron chi connectivity index (χ3n) is 3.02. The van der Waals surface area contributed by atoms with Crippen molar-refractivity contribution in [2.45, 2.75) is 0 Å². The second-order valence-corrected chi connectivity index (χ2v) is 6.04. The first-order valence-corrected chi connectivity index (χ1v) is 7.54. The first-order valence-electron chi connectivity index (χ1n) is 6.35. The Morgan fingerprint density at radius 3 is 2.78 bits per heavy atom. The molecule has 23 heavy (non-hydrogen) atoms. The summed E-state index contributed by atoms with van der Waals surface area (Å²) in [7, 11) is 0. The van der Waals surface area contributed by atoms with Gasteiger partial charge in [-0.25, -0.2) is 4.79 Å². The van der Waals surface area contributed by atoms with Gasteiger partial charge >= 0.3 is 5.97 Å². The molecule has 1 aromatic carbocycles. The highest BCUT2D eigenvalue weighted by atomic mass is 35.5. The fourth-order valence-electron chi connectivity index (χ4n) is 1.98. The second-order valence-electron chi connectivity index (χ2n) is 4.57. The fraction of sp³-hybridized carbons (Fsp3) is 0. The molecule has 1 aliphatic heterocycles. The summed E-state index contributed by atoms with van der Waals surface area (Å²) < 4.78 is 5.62. The third kappa shape index (κ3) is 3.15. The Hall–Kier alpha value is -2.51. The standard InChI is InChI=1S/C15H9ClN2O4S/c16-10-3-1-7(5-9(10)14(20)21)11-4-2-8(22-11)6-12-13(19)18-15(17)23-12/h1-6H,(H,20,21)(H2,17,18,19)/b12-6-. The van der Waals surface area contributed by atoms with Crippen molar-refractivity contribution < 1.29 is 19.1 Å². The summed E-state index contributed by atoms with van der Waals surface area (Å²) in [5.74, 6) is -0.635. The van der Waals surface area contributed by atoms with Gasteiger partial charge in [-0.05, 0) is 42.1 Å². The average molecular weight is 349 g/mol. The molecule has 3 rings (SSSR count). The zero-order valence-corrected chi connectivity index (χ0v) is 13.0. The number of amidine groups is 1. The van der Waals surface area contributed by atoms with E-state index in [4.69, 9.17) is 26.9 Å². The number of aromatic carboxylic acids is 1. The van der Waals surface area contributed by atoms with Crippen molar-refractivity contribution in [1.29, 1.82) is 0 Å². The van der Waals surface area contributed by atoms with Crippen molar-refractivity contribution in [2.75, 3.05) is 0 Å². The van der Waals surface area contributed by atoms with Crippen LogP contribution < -0.4 is 5.73 Å². The van der Waals surface area contributed by atoms with Crippen molar-refractivity contribution >= 4 is 46.5 Å². The van der Waals surface area contributed by atoms with E-state index in [1.807, 2.05) is 0 Å². The SMILES string of the molecule is NC1=NC(=O)/C(=C/c2ccc(-c3ccc(Cl)c(C(=O)O)c3)o2)S1. The minimum Gasteiger partial charge on any atom is -0.478 e. The Balaban J connectivity index is 1.91. The first-order chi connectivity index (χ1) is 10.9. The molecule has 3 N–H and O–H groups in total. The first kappa shape index (κ1) is 15.4. The van der Waals surface area contributed by atoms with Gasteiger partial charge < -0.3 is 15.3 Å². The van der Waals surface area contributed by atoms with Gasteiger partial charge in [0.05, 0.1) is 15.5 Å². The van der Waals surface area contributed by atoms with Crippen molar-refractivity contribution in [3.63, 3.8) is 0 Å². The Morgan fingerprint density at radius 2 is 2.13 bits per heavy atom. The molecule has 0 fully saturated rings. The van der Waals surface area contributed by atoms with Crippen molar-refractivity contribution in [1.82, 2.24) is 0 Å². The van der Waals surface area contributed by atoms with E-state index in [1.165, 1.54) is 18.2 Å². The number of amides is 1. The van der Waals surface area contributed by atoms with Crippen LogP contribution in [0.3, 0.4) is 0 Å². The van der Waals surface area contributed by atoms with Crippen LogP contribution in [0.5, 0.6) is 0 Å². The third-order valence-corrected chi connectivity index (χ3v) is 4.16. The summed E-state index contributed by atoms with van der Waals surface area (Å²) in [5.41, 5.74) is 6.03. The Kier molecular flexibility index (Phi) is 3.97. The highest BCUT2D eigenvalue weighted by Gasteiger charge is 2.20. The van der Waals surface area contributed by atoms with Gasteiger partial charge in [-0.3, -0.25) is 4.79 Å². The quantitative estimate of drug-likeness (QED) is 0.825. The number of carboxylic acids is 1. The number of thioether (sulfide) groups is 1. The molecule has 1 aromatic heterocycles. The zero-order chi connectivity index (χ0) is 16.6. The van der Waals surface area contributed by atoms with Crippen LogP contribution in [0.25, 0.3) is 17.4 Å². The van der Waals surface area contributed by atoms with Crippen LogP contribution >= 0.6 is 23.4 Å². The number of hydrogen-bond donors (Lipinski definition) is 2. The van der Waals surface area contributed by atoms with Gasteiger partial charge in [-0.1, -0.05) is 11.6 Å². The molecule has 1 aliphatic rings. The molecule has 0 atom stereocenters. The molecule has 2 aromatic rings. The van der Waals surface area contributed by atoms with Crippen LogP contribution in [0.15, 0.2) is 44.6 Å². The molecule has 116 valence electrons. The molecule has 8 heteroatoms. The maximum absolute atomic E-state index is 11.5. The van der Waals surface area contributed by atoms with Crippen molar-refractivity contribution in [2.24, 2.45) is 10.7 Å². The van der Waals surface area contributed by atoms with Crippen LogP contribution in [-0.4, -0.2) is 22.2 Å². The number of hydrogen-bond acceptors (Lipinski definition) is 5. The topological polar surface area (TPSA) is 106 Å². The normalized spacial score (nSPS) is 16.0. The lowest BCUT2D eigenvalue weighted by molar-refractivity contribution is -0.113. The highest BCUT2D eigenvalue weighted by Crippen LogP contribution is 2.30. The smallest absolute Gasteiger partial charge is 0.337 e. The maximum Gasteiger partial charge on any atom is 0.337 e. The Bertz CT molecular complexity index is 885. The highest BCUT2D eigenvalue weighted by molar-refractivity contribution is 8.18. The minimum atomic E-state index is -1.12. The van der Waals surface area contributed by atoms with Gasteiger partial charge in [-0.15, -0.1) is 0 Å². The van der Waals surface area contributed by atoms with Crippen LogP contribution in [0.1, 0.15) is 16.1 Å². The van der Waals surface area contributed by atoms with E-state index in [9.17, 15) is 9.59 Å². The lowest BCUT2D eigenvalue weighted by atomic mass is 10.1. The summed E-state index contributed by atoms with van der Waals surface area (Å²) in [5, 5.41) is 9.44. The van der Waals surface area contributed by atoms with Gasteiger partial charge in [0.25, 0.3) is 5.91 Å². The van der Waals surface area contributed by atoms with Crippen LogP contribution in [0.4, 0.5) is 0 Å². The van der Waals surface area contributed by atoms with Crippen LogP contribution in [0, 0.1) is 0 Å². The molecule has 0 aliphatic carbocycles. The number of carboxylic acid groups (broad SMARTS) is 1. The number of furan rings is 1. The largest absolute Gasteiger partial charge is 0.478 e. The number of rotatable bonds is 3. The van der Waals surface area contributed by atoms with E-state index in [1.54, 1.807) is 18.2 Å². The maximum atomic E-state index is 11.5. The van der Waals surface area contributed by atoms with Gasteiger partial charge in [0.2, 0.25) is 0 Å². The van der Waals surface area contributed by atoms with Gasteiger partial charge in [0.15, 0.2) is 5.17 Å². The molecule has 0 saturated carbocycles. The summed E-state index contributed by atoms with van der Waals surface area (Å²) in [6, 6.07) is 7.92. The molecule has 1 amide bonds. The van der Waals surface area contributed by atoms with Gasteiger partial charge in [-0.2, -0.15) is 4.99 Å². The molecular formula is C15H9ClN2O4S. The predicted octanol–water partition coefficient (Wildman–Crippen LogP) is 3.23. The van der Waals surface area contributed by atoms with E-state index in [0.717, 1.165) is 11.8 Å². The number of halogens is 1. The summed E-state index contributed by atoms with van der Waals surface area (Å²) >= 11 is 6.91. The van der Waals surface area contributed by atoms with E-state index < -0.39 is 11.9 Å². The summed E-state index contributed by atoms with van der Waals surface area (Å²) in [6.45, 7) is 0. The van der Waals surface area contributed by atoms with Crippen molar-refractivity contribution in [3.05, 3.63) is 51.6 Å². The van der Waals surface area contributed by atoms with E-state index in [0.29, 0.717) is 22.0 Å². The monoisotopic (exact) mass is 348 g/mol. The molecule has 2 heterocycles. The molecule has 0 saturated heterocycles. The minimum absolute atomic E-state index is 0.0110. The predicted molar refractivity (Wildman–Crippen MR) is 88.3 cm³/mol. The Labute approximate surface area is 139 Å². The summed E-state index contributed by atoms with van der Waals surface area (Å²) in [6.07, 6.45) is 1.54. The number of benzene rings is 1. The molecule has 0 bridgehead atoms. The lowest BCUT2D eigenvalue weighted by Gasteiger charge is -2.02. The van der Waals surface area contributed by atoms with Crippen LogP contribution in [-0.2, 0) is 4.79 Å². The molecule has 0 unspecified atom stereocenters. The zero-order valence-electron chi connectivity index (χ0n) is 11.4. The molecule has 6 nitrogen and oxygen atoms in total. The van der Waals surface area contributed by atoms with Gasteiger partial charge in [0, 0.05) is 11.6 Å². The molecule has 0 radical (unpaired) electrons. The number of carbonyl (C=O) groups excluding carboxylic acids is 1. The number of nitrogens with two attached hydrogens (primary N) is 1. The number of carbonyl (C=O) groups is 2. The molecular weight excluding hydrogens is 340 g/mol. The van der Waals surface area contributed by atoms with E-state index >= 15 is 0 Å². The Morgan fingerprint density at radius 1 is 1.35 bits per heavy atom. The van der Waals surface area contributed by atoms with E-state index in [-0.39, 0.29) is 15.8 Å². The fourth-order valence-corrected chi connectivity index (χ4v) is 2.84. The van der Waals surface area contributed by atoms with Gasteiger partial charge in [0.1, 0.15) is 11.5 Å². The molecule has 0 spiro atoms. The number of aliphatic imine (C=N–C) groups is 1. The second kappa shape index (κ2) is 5.94. The average Bonchev–Trinajstić information content (AvgIpc) is 3.06. The van der Waals surface area contributed by atoms with Crippen LogP contribution in [0.2, 0.25) is 5.02 Å². The number of nitrogens with zero attached hydrogens (tertiary/aromatic N) is 1.